The van der Waals surface area contributed by atoms with Crippen molar-refractivity contribution < 1.29 is 4.79 Å². The van der Waals surface area contributed by atoms with E-state index in [1.165, 1.54) is 0 Å². The van der Waals surface area contributed by atoms with Crippen molar-refractivity contribution in [3.05, 3.63) is 23.8 Å². The highest BCUT2D eigenvalue weighted by molar-refractivity contribution is 5.95. The van der Waals surface area contributed by atoms with Gasteiger partial charge in [0.05, 0.1) is 0 Å². The molecule has 0 bridgehead atoms. The summed E-state index contributed by atoms with van der Waals surface area (Å²) in [6.45, 7) is 1.64. The van der Waals surface area contributed by atoms with Crippen LogP contribution in [-0.2, 0) is 4.79 Å². The largest absolute Gasteiger partial charge is 0.366 e. The van der Waals surface area contributed by atoms with Crippen LogP contribution in [0.1, 0.15) is 12.7 Å². The Morgan fingerprint density at radius 3 is 3.00 bits per heavy atom. The second kappa shape index (κ2) is 3.01. The highest BCUT2D eigenvalue weighted by Crippen LogP contribution is 1.98. The van der Waals surface area contributed by atoms with Crippen LogP contribution < -0.4 is 5.73 Å². The molecule has 0 saturated carbocycles. The molecule has 0 aliphatic carbocycles. The SMILES string of the molecule is CC(=Cc1ncc[nH]1)C(N)=O. The Kier molecular flexibility index (Phi) is 2.06. The summed E-state index contributed by atoms with van der Waals surface area (Å²) >= 11 is 0. The van der Waals surface area contributed by atoms with Crippen LogP contribution >= 0.6 is 0 Å². The summed E-state index contributed by atoms with van der Waals surface area (Å²) in [4.78, 5) is 17.3. The van der Waals surface area contributed by atoms with Gasteiger partial charge in [0.2, 0.25) is 5.91 Å². The number of amides is 1. The Bertz CT molecular complexity index is 274. The highest BCUT2D eigenvalue weighted by Gasteiger charge is 1.97. The number of aromatic amines is 1. The van der Waals surface area contributed by atoms with E-state index in [1.807, 2.05) is 0 Å². The lowest BCUT2D eigenvalue weighted by Crippen LogP contribution is -2.11. The number of carbonyl (C=O) groups is 1. The Morgan fingerprint density at radius 2 is 2.55 bits per heavy atom. The van der Waals surface area contributed by atoms with E-state index in [0.29, 0.717) is 11.4 Å². The van der Waals surface area contributed by atoms with Gasteiger partial charge in [-0.1, -0.05) is 0 Å². The maximum atomic E-state index is 10.5. The van der Waals surface area contributed by atoms with Gasteiger partial charge >= 0.3 is 0 Å². The number of nitrogens with two attached hydrogens (primary N) is 1. The first-order valence-electron chi connectivity index (χ1n) is 3.17. The molecule has 1 rings (SSSR count). The maximum absolute atomic E-state index is 10.5. The molecule has 4 heteroatoms. The zero-order valence-corrected chi connectivity index (χ0v) is 6.16. The van der Waals surface area contributed by atoms with Crippen LogP contribution in [0.2, 0.25) is 0 Å². The number of imidazole rings is 1. The molecule has 0 fully saturated rings. The first-order valence-corrected chi connectivity index (χ1v) is 3.17. The molecule has 3 N–H and O–H groups in total. The Balaban J connectivity index is 2.82. The van der Waals surface area contributed by atoms with Crippen LogP contribution in [0.4, 0.5) is 0 Å². The second-order valence-electron chi connectivity index (χ2n) is 2.17. The number of H-pyrrole nitrogens is 1. The van der Waals surface area contributed by atoms with Crippen molar-refractivity contribution in [1.29, 1.82) is 0 Å². The number of carbonyl (C=O) groups excluding carboxylic acids is 1. The Labute approximate surface area is 64.1 Å². The van der Waals surface area contributed by atoms with Crippen LogP contribution in [0.5, 0.6) is 0 Å². The van der Waals surface area contributed by atoms with Crippen LogP contribution in [0, 0.1) is 0 Å². The minimum atomic E-state index is -0.429. The van der Waals surface area contributed by atoms with Gasteiger partial charge in [0.25, 0.3) is 0 Å². The predicted molar refractivity (Wildman–Crippen MR) is 41.4 cm³/mol. The van der Waals surface area contributed by atoms with Crippen molar-refractivity contribution in [2.24, 2.45) is 5.73 Å². The van der Waals surface area contributed by atoms with Gasteiger partial charge in [-0.3, -0.25) is 4.79 Å². The maximum Gasteiger partial charge on any atom is 0.244 e. The summed E-state index contributed by atoms with van der Waals surface area (Å²) in [6.07, 6.45) is 4.89. The van der Waals surface area contributed by atoms with Gasteiger partial charge in [-0.05, 0) is 13.0 Å². The van der Waals surface area contributed by atoms with Crippen molar-refractivity contribution >= 4 is 12.0 Å². The van der Waals surface area contributed by atoms with Crippen LogP contribution in [0.25, 0.3) is 6.08 Å². The van der Waals surface area contributed by atoms with Crippen molar-refractivity contribution in [1.82, 2.24) is 9.97 Å². The lowest BCUT2D eigenvalue weighted by Gasteiger charge is -1.90. The zero-order chi connectivity index (χ0) is 8.27. The van der Waals surface area contributed by atoms with Crippen molar-refractivity contribution in [3.63, 3.8) is 0 Å². The van der Waals surface area contributed by atoms with E-state index in [4.69, 9.17) is 5.73 Å². The molecule has 1 aromatic heterocycles. The molecule has 0 atom stereocenters. The predicted octanol–water partition coefficient (Wildman–Crippen LogP) is 0.298. The molecule has 1 amide bonds. The molecule has 4 nitrogen and oxygen atoms in total. The number of rotatable bonds is 2. The zero-order valence-electron chi connectivity index (χ0n) is 6.16. The average molecular weight is 151 g/mol. The lowest BCUT2D eigenvalue weighted by molar-refractivity contribution is -0.114. The molecular weight excluding hydrogens is 142 g/mol. The Hall–Kier alpha value is -1.58. The van der Waals surface area contributed by atoms with E-state index in [2.05, 4.69) is 9.97 Å². The second-order valence-corrected chi connectivity index (χ2v) is 2.17. The first-order chi connectivity index (χ1) is 5.20. The fraction of sp³-hybridized carbons (Fsp3) is 0.143. The van der Waals surface area contributed by atoms with E-state index in [0.717, 1.165) is 0 Å². The van der Waals surface area contributed by atoms with Crippen LogP contribution in [0.3, 0.4) is 0 Å². The third kappa shape index (κ3) is 1.93. The topological polar surface area (TPSA) is 71.8 Å². The monoisotopic (exact) mass is 151 g/mol. The molecule has 1 heterocycles. The number of aromatic nitrogens is 2. The molecule has 0 unspecified atom stereocenters. The summed E-state index contributed by atoms with van der Waals surface area (Å²) in [5, 5.41) is 0. The quantitative estimate of drug-likeness (QED) is 0.596. The molecule has 1 aromatic rings. The molecule has 0 radical (unpaired) electrons. The van der Waals surface area contributed by atoms with Gasteiger partial charge in [0.15, 0.2) is 0 Å². The number of primary amides is 1. The van der Waals surface area contributed by atoms with E-state index in [9.17, 15) is 4.79 Å². The normalized spacial score (nSPS) is 11.5. The molecule has 0 saturated heterocycles. The van der Waals surface area contributed by atoms with E-state index in [-0.39, 0.29) is 0 Å². The molecule has 0 aromatic carbocycles. The van der Waals surface area contributed by atoms with E-state index < -0.39 is 5.91 Å². The minimum Gasteiger partial charge on any atom is -0.366 e. The minimum absolute atomic E-state index is 0.429. The highest BCUT2D eigenvalue weighted by atomic mass is 16.1. The fourth-order valence-electron chi connectivity index (χ4n) is 0.633. The van der Waals surface area contributed by atoms with Crippen molar-refractivity contribution in [3.8, 4) is 0 Å². The van der Waals surface area contributed by atoms with E-state index in [1.54, 1.807) is 25.4 Å². The standard InChI is InChI=1S/C7H9N3O/c1-5(7(8)11)4-6-9-2-3-10-6/h2-4H,1H3,(H2,8,11)(H,9,10). The summed E-state index contributed by atoms with van der Waals surface area (Å²) in [5.74, 6) is 0.211. The summed E-state index contributed by atoms with van der Waals surface area (Å²) in [7, 11) is 0. The van der Waals surface area contributed by atoms with Crippen molar-refractivity contribution in [2.45, 2.75) is 6.92 Å². The third-order valence-electron chi connectivity index (χ3n) is 1.26. The molecular formula is C7H9N3O. The smallest absolute Gasteiger partial charge is 0.244 e. The number of nitrogens with zero attached hydrogens (tertiary/aromatic N) is 1. The Morgan fingerprint density at radius 1 is 1.82 bits per heavy atom. The molecule has 0 aliphatic rings. The molecule has 11 heavy (non-hydrogen) atoms. The first kappa shape index (κ1) is 7.53. The summed E-state index contributed by atoms with van der Waals surface area (Å²) in [5.41, 5.74) is 5.49. The summed E-state index contributed by atoms with van der Waals surface area (Å²) in [6, 6.07) is 0. The van der Waals surface area contributed by atoms with Crippen LogP contribution in [-0.4, -0.2) is 15.9 Å². The van der Waals surface area contributed by atoms with E-state index >= 15 is 0 Å². The van der Waals surface area contributed by atoms with Gasteiger partial charge in [-0.2, -0.15) is 0 Å². The third-order valence-corrected chi connectivity index (χ3v) is 1.26. The van der Waals surface area contributed by atoms with Gasteiger partial charge in [-0.25, -0.2) is 4.98 Å². The van der Waals surface area contributed by atoms with Gasteiger partial charge < -0.3 is 10.7 Å². The fourth-order valence-corrected chi connectivity index (χ4v) is 0.633. The molecule has 0 spiro atoms. The number of hydrogen-bond acceptors (Lipinski definition) is 2. The number of hydrogen-bond donors (Lipinski definition) is 2. The van der Waals surface area contributed by atoms with Gasteiger partial charge in [0.1, 0.15) is 5.82 Å². The summed E-state index contributed by atoms with van der Waals surface area (Å²) < 4.78 is 0. The average Bonchev–Trinajstić information content (AvgIpc) is 2.39. The molecule has 58 valence electrons. The van der Waals surface area contributed by atoms with Gasteiger partial charge in [0, 0.05) is 18.0 Å². The lowest BCUT2D eigenvalue weighted by atomic mass is 10.3. The van der Waals surface area contributed by atoms with Gasteiger partial charge in [-0.15, -0.1) is 0 Å². The van der Waals surface area contributed by atoms with Crippen LogP contribution in [0.15, 0.2) is 18.0 Å². The van der Waals surface area contributed by atoms with Crippen molar-refractivity contribution in [2.75, 3.05) is 0 Å². The molecule has 0 aliphatic heterocycles. The number of nitrogens with one attached hydrogen (secondary N) is 1.